The van der Waals surface area contributed by atoms with Crippen molar-refractivity contribution in [2.24, 2.45) is 0 Å². The highest BCUT2D eigenvalue weighted by molar-refractivity contribution is 7.47. The van der Waals surface area contributed by atoms with Crippen molar-refractivity contribution in [1.29, 1.82) is 0 Å². The van der Waals surface area contributed by atoms with E-state index in [4.69, 9.17) is 13.8 Å². The van der Waals surface area contributed by atoms with Gasteiger partial charge < -0.3 is 20.1 Å². The molecule has 0 aliphatic rings. The summed E-state index contributed by atoms with van der Waals surface area (Å²) in [5.74, 6) is -0.560. The minimum absolute atomic E-state index is 0.0612. The second kappa shape index (κ2) is 40.8. The minimum atomic E-state index is -4.43. The molecule has 0 aromatic rings. The number of phosphoric acid groups is 1. The maximum atomic E-state index is 12.1. The normalized spacial score (nSPS) is 14.2. The lowest BCUT2D eigenvalue weighted by molar-refractivity contribution is -0.147. The number of nitrogens with one attached hydrogen (secondary N) is 1. The Morgan fingerprint density at radius 2 is 1.04 bits per heavy atom. The number of amides is 1. The third-order valence-corrected chi connectivity index (χ3v) is 9.29. The molecule has 0 fully saturated rings. The summed E-state index contributed by atoms with van der Waals surface area (Å²) >= 11 is 0. The predicted molar refractivity (Wildman–Crippen MR) is 229 cm³/mol. The largest absolute Gasteiger partial charge is 0.472 e. The molecule has 55 heavy (non-hydrogen) atoms. The monoisotopic (exact) mass is 790 g/mol. The van der Waals surface area contributed by atoms with Gasteiger partial charge in [0.1, 0.15) is 12.7 Å². The Morgan fingerprint density at radius 1 is 0.582 bits per heavy atom. The number of hydrogen-bond donors (Lipinski definition) is 3. The first-order valence-electron chi connectivity index (χ1n) is 21.1. The van der Waals surface area contributed by atoms with Gasteiger partial charge in [-0.15, -0.1) is 0 Å². The Kier molecular flexibility index (Phi) is 38.8. The van der Waals surface area contributed by atoms with E-state index in [2.05, 4.69) is 104 Å². The van der Waals surface area contributed by atoms with E-state index in [0.29, 0.717) is 6.42 Å². The van der Waals surface area contributed by atoms with E-state index in [1.54, 1.807) is 0 Å². The van der Waals surface area contributed by atoms with Crippen molar-refractivity contribution < 1.29 is 37.9 Å². The fourth-order valence-electron chi connectivity index (χ4n) is 5.13. The SMILES string of the molecule is CC/C=C\C/C=C\C/C=C\C/C=C\C/C=C\C/C=C\CCCCCCC(=O)NCCOP(=O)(O)OCC(O)COC(=O)CCCCCCC/C=C\CCCC. The lowest BCUT2D eigenvalue weighted by Gasteiger charge is -2.15. The Hall–Kier alpha value is -2.81. The zero-order valence-corrected chi connectivity index (χ0v) is 35.2. The van der Waals surface area contributed by atoms with Crippen molar-refractivity contribution in [2.75, 3.05) is 26.4 Å². The molecule has 10 heteroatoms. The van der Waals surface area contributed by atoms with Gasteiger partial charge in [-0.1, -0.05) is 144 Å². The summed E-state index contributed by atoms with van der Waals surface area (Å²) in [6.07, 6.45) is 50.9. The number of phosphoric ester groups is 1. The Bertz CT molecular complexity index is 1170. The zero-order valence-electron chi connectivity index (χ0n) is 34.3. The van der Waals surface area contributed by atoms with Gasteiger partial charge in [0.05, 0.1) is 13.2 Å². The van der Waals surface area contributed by atoms with Crippen molar-refractivity contribution in [3.8, 4) is 0 Å². The van der Waals surface area contributed by atoms with Crippen LogP contribution >= 0.6 is 7.82 Å². The average Bonchev–Trinajstić information content (AvgIpc) is 3.17. The van der Waals surface area contributed by atoms with Gasteiger partial charge >= 0.3 is 13.8 Å². The van der Waals surface area contributed by atoms with Crippen LogP contribution in [0.3, 0.4) is 0 Å². The molecular formula is C45H76NO8P. The van der Waals surface area contributed by atoms with E-state index in [1.807, 2.05) is 0 Å². The number of unbranched alkanes of at least 4 members (excludes halogenated alkanes) is 11. The number of allylic oxidation sites excluding steroid dienone is 14. The Morgan fingerprint density at radius 3 is 1.58 bits per heavy atom. The van der Waals surface area contributed by atoms with Crippen molar-refractivity contribution in [2.45, 2.75) is 161 Å². The molecule has 0 bridgehead atoms. The third kappa shape index (κ3) is 42.2. The molecule has 0 aliphatic carbocycles. The molecule has 0 radical (unpaired) electrons. The van der Waals surface area contributed by atoms with Crippen LogP contribution in [0.4, 0.5) is 0 Å². The van der Waals surface area contributed by atoms with Crippen LogP contribution in [0.1, 0.15) is 155 Å². The van der Waals surface area contributed by atoms with Crippen LogP contribution in [0.5, 0.6) is 0 Å². The molecule has 0 aromatic carbocycles. The van der Waals surface area contributed by atoms with Gasteiger partial charge in [-0.05, 0) is 83.5 Å². The molecule has 0 spiro atoms. The van der Waals surface area contributed by atoms with Gasteiger partial charge in [0.25, 0.3) is 0 Å². The van der Waals surface area contributed by atoms with Crippen molar-refractivity contribution >= 4 is 19.7 Å². The fraction of sp³-hybridized carbons (Fsp3) is 0.644. The van der Waals surface area contributed by atoms with Gasteiger partial charge in [-0.2, -0.15) is 0 Å². The number of esters is 1. The quantitative estimate of drug-likeness (QED) is 0.0244. The molecule has 0 heterocycles. The van der Waals surface area contributed by atoms with E-state index in [1.165, 1.54) is 12.8 Å². The average molecular weight is 790 g/mol. The molecule has 0 aromatic heterocycles. The van der Waals surface area contributed by atoms with E-state index in [0.717, 1.165) is 116 Å². The van der Waals surface area contributed by atoms with Crippen LogP contribution in [-0.4, -0.2) is 54.3 Å². The van der Waals surface area contributed by atoms with Gasteiger partial charge in [0.2, 0.25) is 5.91 Å². The molecule has 9 nitrogen and oxygen atoms in total. The lowest BCUT2D eigenvalue weighted by atomic mass is 10.1. The highest BCUT2D eigenvalue weighted by Gasteiger charge is 2.23. The summed E-state index contributed by atoms with van der Waals surface area (Å²) in [4.78, 5) is 33.8. The molecule has 1 amide bonds. The fourth-order valence-corrected chi connectivity index (χ4v) is 5.88. The summed E-state index contributed by atoms with van der Waals surface area (Å²) in [5, 5.41) is 12.6. The minimum Gasteiger partial charge on any atom is -0.463 e. The van der Waals surface area contributed by atoms with Crippen molar-refractivity contribution in [1.82, 2.24) is 5.32 Å². The third-order valence-electron chi connectivity index (χ3n) is 8.31. The number of hydrogen-bond acceptors (Lipinski definition) is 7. The topological polar surface area (TPSA) is 131 Å². The number of aliphatic hydroxyl groups excluding tert-OH is 1. The van der Waals surface area contributed by atoms with Crippen LogP contribution < -0.4 is 5.32 Å². The standard InChI is InChI=1S/C45H76NO8P/c1-3-5-7-9-11-13-15-16-17-18-19-20-21-22-23-24-25-26-28-29-31-33-35-37-44(48)46-39-40-53-55(50,51)54-42-43(47)41-52-45(49)38-36-34-32-30-27-14-12-10-8-6-4-2/h5,7,10-13,16-17,19-20,22-23,25-26,43,47H,3-4,6,8-9,14-15,18,21,24,27-42H2,1-2H3,(H,46,48)(H,50,51)/b7-5-,12-10-,13-11-,17-16-,20-19-,23-22-,26-25-. The van der Waals surface area contributed by atoms with Gasteiger partial charge in [0, 0.05) is 19.4 Å². The van der Waals surface area contributed by atoms with E-state index in [9.17, 15) is 24.2 Å². The predicted octanol–water partition coefficient (Wildman–Crippen LogP) is 11.7. The molecule has 3 N–H and O–H groups in total. The van der Waals surface area contributed by atoms with Gasteiger partial charge in [-0.25, -0.2) is 4.57 Å². The molecular weight excluding hydrogens is 713 g/mol. The molecule has 0 rings (SSSR count). The van der Waals surface area contributed by atoms with E-state index in [-0.39, 0.29) is 32.1 Å². The summed E-state index contributed by atoms with van der Waals surface area (Å²) in [5.41, 5.74) is 0. The van der Waals surface area contributed by atoms with Crippen LogP contribution in [0.2, 0.25) is 0 Å². The van der Waals surface area contributed by atoms with E-state index >= 15 is 0 Å². The highest BCUT2D eigenvalue weighted by atomic mass is 31.2. The maximum absolute atomic E-state index is 12.1. The second-order valence-corrected chi connectivity index (χ2v) is 15.0. The van der Waals surface area contributed by atoms with Crippen LogP contribution in [-0.2, 0) is 27.9 Å². The second-order valence-electron chi connectivity index (χ2n) is 13.6. The Labute approximate surface area is 334 Å². The molecule has 0 saturated heterocycles. The van der Waals surface area contributed by atoms with Crippen LogP contribution in [0, 0.1) is 0 Å². The van der Waals surface area contributed by atoms with Gasteiger partial charge in [-0.3, -0.25) is 18.6 Å². The summed E-state index contributed by atoms with van der Waals surface area (Å²) in [6.45, 7) is 3.33. The Balaban J connectivity index is 3.69. The number of ether oxygens (including phenoxy) is 1. The zero-order chi connectivity index (χ0) is 40.3. The molecule has 2 atom stereocenters. The summed E-state index contributed by atoms with van der Waals surface area (Å²) < 4.78 is 26.8. The highest BCUT2D eigenvalue weighted by Crippen LogP contribution is 2.42. The number of carbonyl (C=O) groups excluding carboxylic acids is 2. The first kappa shape index (κ1) is 52.2. The number of aliphatic hydroxyl groups is 1. The molecule has 314 valence electrons. The first-order chi connectivity index (χ1) is 26.8. The lowest BCUT2D eigenvalue weighted by Crippen LogP contribution is -2.27. The van der Waals surface area contributed by atoms with Gasteiger partial charge in [0.15, 0.2) is 0 Å². The van der Waals surface area contributed by atoms with Crippen LogP contribution in [0.25, 0.3) is 0 Å². The smallest absolute Gasteiger partial charge is 0.463 e. The summed E-state index contributed by atoms with van der Waals surface area (Å²) in [7, 11) is -4.43. The number of carbonyl (C=O) groups is 2. The number of rotatable bonds is 38. The summed E-state index contributed by atoms with van der Waals surface area (Å²) in [6, 6.07) is 0. The maximum Gasteiger partial charge on any atom is 0.472 e. The first-order valence-corrected chi connectivity index (χ1v) is 22.6. The van der Waals surface area contributed by atoms with E-state index < -0.39 is 26.5 Å². The van der Waals surface area contributed by atoms with Crippen LogP contribution in [0.15, 0.2) is 85.1 Å². The molecule has 0 aliphatic heterocycles. The molecule has 2 unspecified atom stereocenters. The van der Waals surface area contributed by atoms with Crippen molar-refractivity contribution in [3.05, 3.63) is 85.1 Å². The molecule has 0 saturated carbocycles. The van der Waals surface area contributed by atoms with Crippen molar-refractivity contribution in [3.63, 3.8) is 0 Å².